The van der Waals surface area contributed by atoms with Crippen LogP contribution in [0.4, 0.5) is 10.5 Å². The normalized spacial score (nSPS) is 12.0. The zero-order chi connectivity index (χ0) is 20.4. The van der Waals surface area contributed by atoms with Gasteiger partial charge in [-0.05, 0) is 19.1 Å². The van der Waals surface area contributed by atoms with Crippen molar-refractivity contribution in [3.05, 3.63) is 30.3 Å². The summed E-state index contributed by atoms with van der Waals surface area (Å²) in [4.78, 5) is 48.0. The fraction of sp³-hybridized carbons (Fsp3) is 0.353. The third-order valence-corrected chi connectivity index (χ3v) is 3.51. The zero-order valence-corrected chi connectivity index (χ0v) is 15.3. The number of esters is 3. The summed E-state index contributed by atoms with van der Waals surface area (Å²) in [5.74, 6) is -5.98. The Hall–Kier alpha value is -3.43. The molecule has 1 aromatic carbocycles. The van der Waals surface area contributed by atoms with Gasteiger partial charge in [0.2, 0.25) is 0 Å². The maximum absolute atomic E-state index is 12.1. The highest BCUT2D eigenvalue weighted by Crippen LogP contribution is 2.19. The smallest absolute Gasteiger partial charge is 0.339 e. The molecule has 1 rings (SSSR count). The minimum atomic E-state index is -1.63. The van der Waals surface area contributed by atoms with E-state index in [1.54, 1.807) is 30.3 Å². The first kappa shape index (κ1) is 21.6. The first-order chi connectivity index (χ1) is 12.8. The van der Waals surface area contributed by atoms with E-state index in [9.17, 15) is 19.2 Å². The Balaban J connectivity index is 3.02. The minimum absolute atomic E-state index is 0.0501. The lowest BCUT2D eigenvalue weighted by atomic mass is 9.88. The van der Waals surface area contributed by atoms with Crippen LogP contribution in [0.2, 0.25) is 0 Å². The molecule has 10 nitrogen and oxygen atoms in total. The van der Waals surface area contributed by atoms with Crippen molar-refractivity contribution < 1.29 is 33.4 Å². The molecule has 2 amide bonds. The second kappa shape index (κ2) is 10.5. The van der Waals surface area contributed by atoms with Gasteiger partial charge in [0.05, 0.1) is 27.0 Å². The number of ether oxygens (including phenoxy) is 3. The highest BCUT2D eigenvalue weighted by Gasteiger charge is 2.44. The lowest BCUT2D eigenvalue weighted by Crippen LogP contribution is -2.42. The summed E-state index contributed by atoms with van der Waals surface area (Å²) in [5.41, 5.74) is 2.66. The van der Waals surface area contributed by atoms with Gasteiger partial charge in [-0.25, -0.2) is 10.2 Å². The maximum atomic E-state index is 12.1. The van der Waals surface area contributed by atoms with Crippen molar-refractivity contribution in [2.24, 2.45) is 16.9 Å². The molecule has 0 spiro atoms. The minimum Gasteiger partial charge on any atom is -0.468 e. The Morgan fingerprint density at radius 2 is 1.33 bits per heavy atom. The molecular weight excluding hydrogens is 358 g/mol. The molecule has 0 saturated heterocycles. The van der Waals surface area contributed by atoms with Crippen molar-refractivity contribution in [1.82, 2.24) is 5.43 Å². The summed E-state index contributed by atoms with van der Waals surface area (Å²) in [6.45, 7) is 1.35. The van der Waals surface area contributed by atoms with Crippen molar-refractivity contribution in [3.8, 4) is 0 Å². The van der Waals surface area contributed by atoms with E-state index < -0.39 is 35.8 Å². The molecule has 1 aromatic rings. The Morgan fingerprint density at radius 3 is 1.81 bits per heavy atom. The van der Waals surface area contributed by atoms with E-state index in [0.29, 0.717) is 5.69 Å². The maximum Gasteiger partial charge on any atom is 0.339 e. The van der Waals surface area contributed by atoms with Gasteiger partial charge in [-0.15, -0.1) is 0 Å². The number of carbonyl (C=O) groups is 4. The first-order valence-corrected chi connectivity index (χ1v) is 7.75. The average Bonchev–Trinajstić information content (AvgIpc) is 2.69. The first-order valence-electron chi connectivity index (χ1n) is 7.75. The lowest BCUT2D eigenvalue weighted by molar-refractivity contribution is -0.165. The molecule has 0 aliphatic rings. The van der Waals surface area contributed by atoms with E-state index in [1.165, 1.54) is 6.92 Å². The van der Waals surface area contributed by atoms with E-state index in [-0.39, 0.29) is 5.71 Å². The molecule has 0 aromatic heterocycles. The van der Waals surface area contributed by atoms with Crippen LogP contribution in [-0.2, 0) is 28.6 Å². The molecule has 1 atom stereocenters. The summed E-state index contributed by atoms with van der Waals surface area (Å²) in [6.07, 6.45) is 0. The van der Waals surface area contributed by atoms with Gasteiger partial charge in [0.1, 0.15) is 5.92 Å². The number of carbonyl (C=O) groups excluding carboxylic acids is 4. The van der Waals surface area contributed by atoms with Crippen molar-refractivity contribution in [1.29, 1.82) is 0 Å². The van der Waals surface area contributed by atoms with Gasteiger partial charge in [0.15, 0.2) is 5.92 Å². The van der Waals surface area contributed by atoms with Crippen molar-refractivity contribution in [2.75, 3.05) is 26.6 Å². The van der Waals surface area contributed by atoms with Gasteiger partial charge >= 0.3 is 23.9 Å². The van der Waals surface area contributed by atoms with E-state index in [1.807, 2.05) is 0 Å². The SMILES string of the molecule is COC(=O)C(C(=O)OC)C(C(=O)OC)/C(C)=N/NC(=O)Nc1ccccc1. The monoisotopic (exact) mass is 379 g/mol. The lowest BCUT2D eigenvalue weighted by Gasteiger charge is -2.21. The number of hydrogen-bond acceptors (Lipinski definition) is 8. The molecule has 0 heterocycles. The Morgan fingerprint density at radius 1 is 0.852 bits per heavy atom. The molecule has 1 unspecified atom stereocenters. The zero-order valence-electron chi connectivity index (χ0n) is 15.3. The molecule has 10 heteroatoms. The molecule has 0 radical (unpaired) electrons. The summed E-state index contributed by atoms with van der Waals surface area (Å²) in [5, 5.41) is 6.30. The van der Waals surface area contributed by atoms with Gasteiger partial charge < -0.3 is 19.5 Å². The van der Waals surface area contributed by atoms with Gasteiger partial charge in [-0.3, -0.25) is 14.4 Å². The molecule has 0 aliphatic carbocycles. The third-order valence-electron chi connectivity index (χ3n) is 3.51. The van der Waals surface area contributed by atoms with Crippen LogP contribution < -0.4 is 10.7 Å². The van der Waals surface area contributed by atoms with Crippen LogP contribution in [-0.4, -0.2) is 51.0 Å². The van der Waals surface area contributed by atoms with E-state index in [0.717, 1.165) is 21.3 Å². The summed E-state index contributed by atoms with van der Waals surface area (Å²) in [6, 6.07) is 7.89. The predicted molar refractivity (Wildman–Crippen MR) is 94.7 cm³/mol. The number of benzene rings is 1. The van der Waals surface area contributed by atoms with Crippen LogP contribution >= 0.6 is 0 Å². The number of rotatable bonds is 7. The third kappa shape index (κ3) is 6.10. The second-order valence-electron chi connectivity index (χ2n) is 5.21. The van der Waals surface area contributed by atoms with Gasteiger partial charge in [-0.2, -0.15) is 5.10 Å². The quantitative estimate of drug-likeness (QED) is 0.237. The molecule has 0 bridgehead atoms. The number of urea groups is 1. The highest BCUT2D eigenvalue weighted by atomic mass is 16.5. The molecule has 0 aliphatic heterocycles. The number of hydrazone groups is 1. The highest BCUT2D eigenvalue weighted by molar-refractivity contribution is 6.10. The van der Waals surface area contributed by atoms with Crippen LogP contribution in [0.5, 0.6) is 0 Å². The number of methoxy groups -OCH3 is 3. The summed E-state index contributed by atoms with van der Waals surface area (Å²) in [7, 11) is 3.21. The number of amides is 2. The van der Waals surface area contributed by atoms with Crippen LogP contribution in [0, 0.1) is 11.8 Å². The Labute approximate surface area is 155 Å². The Kier molecular flexibility index (Phi) is 8.43. The van der Waals surface area contributed by atoms with Crippen molar-refractivity contribution >= 4 is 35.3 Å². The largest absolute Gasteiger partial charge is 0.468 e. The van der Waals surface area contributed by atoms with Gasteiger partial charge in [0.25, 0.3) is 0 Å². The predicted octanol–water partition coefficient (Wildman–Crippen LogP) is 0.935. The topological polar surface area (TPSA) is 132 Å². The molecule has 146 valence electrons. The van der Waals surface area contributed by atoms with Crippen LogP contribution in [0.1, 0.15) is 6.92 Å². The second-order valence-corrected chi connectivity index (χ2v) is 5.21. The molecule has 27 heavy (non-hydrogen) atoms. The number of nitrogens with zero attached hydrogens (tertiary/aromatic N) is 1. The summed E-state index contributed by atoms with van der Waals surface area (Å²) >= 11 is 0. The van der Waals surface area contributed by atoms with Crippen LogP contribution in [0.25, 0.3) is 0 Å². The van der Waals surface area contributed by atoms with Crippen molar-refractivity contribution in [3.63, 3.8) is 0 Å². The molecule has 2 N–H and O–H groups in total. The van der Waals surface area contributed by atoms with Gasteiger partial charge in [-0.1, -0.05) is 18.2 Å². The summed E-state index contributed by atoms with van der Waals surface area (Å²) < 4.78 is 13.8. The average molecular weight is 379 g/mol. The number of anilines is 1. The van der Waals surface area contributed by atoms with E-state index in [2.05, 4.69) is 30.1 Å². The number of nitrogens with one attached hydrogen (secondary N) is 2. The van der Waals surface area contributed by atoms with E-state index >= 15 is 0 Å². The molecular formula is C17H21N3O7. The van der Waals surface area contributed by atoms with Crippen LogP contribution in [0.15, 0.2) is 35.4 Å². The van der Waals surface area contributed by atoms with Crippen molar-refractivity contribution in [2.45, 2.75) is 6.92 Å². The molecule has 0 saturated carbocycles. The Bertz CT molecular complexity index is 702. The number of para-hydroxylation sites is 1. The molecule has 0 fully saturated rings. The van der Waals surface area contributed by atoms with E-state index in [4.69, 9.17) is 0 Å². The standard InChI is InChI=1S/C17H21N3O7/c1-10(19-20-17(24)18-11-8-6-5-7-9-11)12(14(21)25-2)13(15(22)26-3)16(23)27-4/h5-9,12-13H,1-4H3,(H2,18,20,24)/b19-10+. The van der Waals surface area contributed by atoms with Gasteiger partial charge in [0, 0.05) is 5.69 Å². The fourth-order valence-corrected chi connectivity index (χ4v) is 2.19. The fourth-order valence-electron chi connectivity index (χ4n) is 2.19. The van der Waals surface area contributed by atoms with Crippen LogP contribution in [0.3, 0.4) is 0 Å². The number of hydrogen-bond donors (Lipinski definition) is 2.